The van der Waals surface area contributed by atoms with E-state index in [9.17, 15) is 14.7 Å². The molecule has 31 heavy (non-hydrogen) atoms. The molecule has 0 bridgehead atoms. The van der Waals surface area contributed by atoms with Crippen molar-refractivity contribution >= 4 is 29.2 Å². The van der Waals surface area contributed by atoms with Crippen LogP contribution in [0.5, 0.6) is 0 Å². The Balaban J connectivity index is 1.76. The number of aliphatic hydroxyl groups excluding tert-OH is 1. The summed E-state index contributed by atoms with van der Waals surface area (Å²) in [5, 5.41) is 23.0. The van der Waals surface area contributed by atoms with E-state index in [-0.39, 0.29) is 35.8 Å². The number of carbonyl (C=O) groups excluding carboxylic acids is 2. The summed E-state index contributed by atoms with van der Waals surface area (Å²) < 4.78 is 0. The van der Waals surface area contributed by atoms with E-state index in [1.165, 1.54) is 13.1 Å². The van der Waals surface area contributed by atoms with Gasteiger partial charge in [0.05, 0.1) is 11.2 Å². The number of anilines is 1. The number of nitrogens with one attached hydrogen (secondary N) is 3. The highest BCUT2D eigenvalue weighted by atomic mass is 35.5. The second-order valence-electron chi connectivity index (χ2n) is 9.06. The van der Waals surface area contributed by atoms with Gasteiger partial charge in [0.1, 0.15) is 5.82 Å². The number of hydrogen-bond acceptors (Lipinski definition) is 5. The van der Waals surface area contributed by atoms with Crippen molar-refractivity contribution in [3.05, 3.63) is 29.2 Å². The molecule has 1 saturated carbocycles. The zero-order valence-corrected chi connectivity index (χ0v) is 18.9. The minimum absolute atomic E-state index is 0.0269. The SMILES string of the molecule is CC(=O)NC1CCCC(C(=O)Nc2cc(-c3cn[nH]c3CC(C)(C)CO)c(Cl)cn2)C1. The highest BCUT2D eigenvalue weighted by Crippen LogP contribution is 2.34. The number of amides is 2. The van der Waals surface area contributed by atoms with Gasteiger partial charge in [-0.2, -0.15) is 5.10 Å². The van der Waals surface area contributed by atoms with Crippen LogP contribution in [-0.4, -0.2) is 44.8 Å². The van der Waals surface area contributed by atoms with Gasteiger partial charge in [0, 0.05) is 48.5 Å². The van der Waals surface area contributed by atoms with Gasteiger partial charge >= 0.3 is 0 Å². The van der Waals surface area contributed by atoms with Gasteiger partial charge in [-0.3, -0.25) is 14.7 Å². The van der Waals surface area contributed by atoms with Gasteiger partial charge in [0.25, 0.3) is 0 Å². The highest BCUT2D eigenvalue weighted by Gasteiger charge is 2.28. The van der Waals surface area contributed by atoms with Crippen molar-refractivity contribution in [2.45, 2.75) is 58.9 Å². The molecule has 168 valence electrons. The number of hydrogen-bond donors (Lipinski definition) is 4. The van der Waals surface area contributed by atoms with Gasteiger partial charge in [-0.25, -0.2) is 4.98 Å². The maximum atomic E-state index is 12.8. The molecule has 2 atom stereocenters. The number of halogens is 1. The van der Waals surface area contributed by atoms with Gasteiger partial charge in [0.2, 0.25) is 11.8 Å². The molecule has 0 radical (unpaired) electrons. The molecule has 8 nitrogen and oxygen atoms in total. The highest BCUT2D eigenvalue weighted by molar-refractivity contribution is 6.33. The normalized spacial score (nSPS) is 19.1. The van der Waals surface area contributed by atoms with Crippen LogP contribution >= 0.6 is 11.6 Å². The predicted octanol–water partition coefficient (Wildman–Crippen LogP) is 3.32. The fraction of sp³-hybridized carbons (Fsp3) is 0.545. The third kappa shape index (κ3) is 6.04. The summed E-state index contributed by atoms with van der Waals surface area (Å²) in [4.78, 5) is 28.4. The van der Waals surface area contributed by atoms with Crippen molar-refractivity contribution in [3.63, 3.8) is 0 Å². The van der Waals surface area contributed by atoms with Crippen molar-refractivity contribution in [2.75, 3.05) is 11.9 Å². The Morgan fingerprint density at radius 1 is 1.29 bits per heavy atom. The van der Waals surface area contributed by atoms with Crippen LogP contribution in [-0.2, 0) is 16.0 Å². The monoisotopic (exact) mass is 447 g/mol. The fourth-order valence-electron chi connectivity index (χ4n) is 4.00. The zero-order chi connectivity index (χ0) is 22.6. The first-order valence-corrected chi connectivity index (χ1v) is 10.9. The van der Waals surface area contributed by atoms with E-state index in [4.69, 9.17) is 11.6 Å². The van der Waals surface area contributed by atoms with E-state index in [1.807, 2.05) is 13.8 Å². The molecule has 2 aromatic rings. The molecular weight excluding hydrogens is 418 g/mol. The summed E-state index contributed by atoms with van der Waals surface area (Å²) in [7, 11) is 0. The van der Waals surface area contributed by atoms with Crippen LogP contribution in [0.15, 0.2) is 18.5 Å². The lowest BCUT2D eigenvalue weighted by molar-refractivity contribution is -0.123. The Kier molecular flexibility index (Phi) is 7.33. The third-order valence-corrected chi connectivity index (χ3v) is 5.95. The molecule has 2 amide bonds. The summed E-state index contributed by atoms with van der Waals surface area (Å²) >= 11 is 6.41. The Labute approximate surface area is 187 Å². The minimum atomic E-state index is -0.316. The Morgan fingerprint density at radius 3 is 2.77 bits per heavy atom. The van der Waals surface area contributed by atoms with Crippen molar-refractivity contribution in [1.29, 1.82) is 0 Å². The molecule has 1 aliphatic rings. The molecule has 9 heteroatoms. The van der Waals surface area contributed by atoms with Crippen LogP contribution in [0.3, 0.4) is 0 Å². The van der Waals surface area contributed by atoms with E-state index >= 15 is 0 Å². The van der Waals surface area contributed by atoms with E-state index in [2.05, 4.69) is 25.8 Å². The quantitative estimate of drug-likeness (QED) is 0.519. The number of carbonyl (C=O) groups is 2. The van der Waals surface area contributed by atoms with E-state index in [0.717, 1.165) is 30.5 Å². The average molecular weight is 448 g/mol. The van der Waals surface area contributed by atoms with Crippen LogP contribution in [0.2, 0.25) is 5.02 Å². The number of nitrogens with zero attached hydrogens (tertiary/aromatic N) is 2. The maximum Gasteiger partial charge on any atom is 0.228 e. The molecule has 1 aliphatic carbocycles. The van der Waals surface area contributed by atoms with Crippen molar-refractivity contribution < 1.29 is 14.7 Å². The number of rotatable bonds is 7. The summed E-state index contributed by atoms with van der Waals surface area (Å²) in [6, 6.07) is 1.77. The van der Waals surface area contributed by atoms with Crippen LogP contribution in [0, 0.1) is 11.3 Å². The van der Waals surface area contributed by atoms with Gasteiger partial charge < -0.3 is 15.7 Å². The zero-order valence-electron chi connectivity index (χ0n) is 18.2. The Hall–Kier alpha value is -2.45. The summed E-state index contributed by atoms with van der Waals surface area (Å²) in [5.74, 6) is 0.0565. The first-order chi connectivity index (χ1) is 14.7. The number of H-pyrrole nitrogens is 1. The Bertz CT molecular complexity index is 943. The Morgan fingerprint density at radius 2 is 2.06 bits per heavy atom. The van der Waals surface area contributed by atoms with E-state index in [1.54, 1.807) is 12.3 Å². The third-order valence-electron chi connectivity index (χ3n) is 5.65. The van der Waals surface area contributed by atoms with Gasteiger partial charge in [-0.1, -0.05) is 31.9 Å². The molecule has 0 saturated heterocycles. The van der Waals surface area contributed by atoms with Gasteiger partial charge in [-0.05, 0) is 37.2 Å². The van der Waals surface area contributed by atoms with Crippen molar-refractivity contribution in [3.8, 4) is 11.1 Å². The summed E-state index contributed by atoms with van der Waals surface area (Å²) in [5.41, 5.74) is 2.07. The minimum Gasteiger partial charge on any atom is -0.396 e. The predicted molar refractivity (Wildman–Crippen MR) is 120 cm³/mol. The molecule has 0 aliphatic heterocycles. The molecule has 3 rings (SSSR count). The van der Waals surface area contributed by atoms with E-state index in [0.29, 0.717) is 29.2 Å². The molecule has 2 aromatic heterocycles. The molecule has 2 heterocycles. The molecule has 0 aromatic carbocycles. The molecule has 4 N–H and O–H groups in total. The number of aromatic amines is 1. The van der Waals surface area contributed by atoms with E-state index < -0.39 is 0 Å². The molecular formula is C22H30ClN5O3. The van der Waals surface area contributed by atoms with Crippen molar-refractivity contribution in [2.24, 2.45) is 11.3 Å². The van der Waals surface area contributed by atoms with Crippen LogP contribution in [0.25, 0.3) is 11.1 Å². The first-order valence-electron chi connectivity index (χ1n) is 10.6. The smallest absolute Gasteiger partial charge is 0.228 e. The number of aliphatic hydroxyl groups is 1. The largest absolute Gasteiger partial charge is 0.396 e. The van der Waals surface area contributed by atoms with Crippen LogP contribution in [0.1, 0.15) is 52.1 Å². The number of aromatic nitrogens is 3. The maximum absolute atomic E-state index is 12.8. The molecule has 1 fully saturated rings. The lowest BCUT2D eigenvalue weighted by atomic mass is 9.85. The van der Waals surface area contributed by atoms with Crippen molar-refractivity contribution in [1.82, 2.24) is 20.5 Å². The second kappa shape index (κ2) is 9.78. The topological polar surface area (TPSA) is 120 Å². The fourth-order valence-corrected chi connectivity index (χ4v) is 4.21. The summed E-state index contributed by atoms with van der Waals surface area (Å²) in [6.45, 7) is 5.47. The summed E-state index contributed by atoms with van der Waals surface area (Å²) in [6.07, 6.45) is 6.97. The standard InChI is InChI=1S/C22H30ClN5O3/c1-13(30)26-15-6-4-5-14(7-15)21(31)27-20-8-16(18(23)11-24-20)17-10-25-28-19(17)9-22(2,3)12-29/h8,10-11,14-15,29H,4-7,9,12H2,1-3H3,(H,25,28)(H,26,30)(H,24,27,31). The molecule has 2 unspecified atom stereocenters. The lowest BCUT2D eigenvalue weighted by Crippen LogP contribution is -2.40. The first kappa shape index (κ1) is 23.2. The van der Waals surface area contributed by atoms with Crippen LogP contribution < -0.4 is 10.6 Å². The second-order valence-corrected chi connectivity index (χ2v) is 9.47. The average Bonchev–Trinajstić information content (AvgIpc) is 3.16. The molecule has 0 spiro atoms. The van der Waals surface area contributed by atoms with Crippen LogP contribution in [0.4, 0.5) is 5.82 Å². The number of pyridine rings is 1. The van der Waals surface area contributed by atoms with Gasteiger partial charge in [0.15, 0.2) is 0 Å². The lowest BCUT2D eigenvalue weighted by Gasteiger charge is -2.28. The van der Waals surface area contributed by atoms with Gasteiger partial charge in [-0.15, -0.1) is 0 Å².